The SMILES string of the molecule is CC(C)C[C@H](N)O[B]O[C@H](COC(=O)[C@H](Cc1ccc(O)cc1)NC(=O)N1CCOCC1)[C@@H](O)[C@H](O)[C@H](O)CO. The molecule has 2 rings (SSSR count). The fourth-order valence-electron chi connectivity index (χ4n) is 3.80. The number of rotatable bonds is 16. The number of morpholine rings is 1. The van der Waals surface area contributed by atoms with Gasteiger partial charge in [-0.05, 0) is 30.0 Å². The normalized spacial score (nSPS) is 18.4. The number of phenolic OH excluding ortho intramolecular Hbond substituents is 1. The molecule has 0 bridgehead atoms. The number of nitrogens with one attached hydrogen (secondary N) is 1. The molecule has 1 radical (unpaired) electrons. The molecule has 0 spiro atoms. The first kappa shape index (κ1) is 33.7. The second-order valence-electron chi connectivity index (χ2n) is 9.91. The molecule has 225 valence electrons. The first-order valence-corrected chi connectivity index (χ1v) is 13.1. The molecule has 15 heteroatoms. The lowest BCUT2D eigenvalue weighted by Crippen LogP contribution is -2.53. The minimum absolute atomic E-state index is 0.0222. The van der Waals surface area contributed by atoms with Crippen molar-refractivity contribution in [3.63, 3.8) is 0 Å². The molecule has 1 aliphatic heterocycles. The van der Waals surface area contributed by atoms with Gasteiger partial charge in [0.05, 0.1) is 26.0 Å². The summed E-state index contributed by atoms with van der Waals surface area (Å²) in [6.45, 7) is 3.83. The van der Waals surface area contributed by atoms with Crippen LogP contribution >= 0.6 is 0 Å². The zero-order valence-corrected chi connectivity index (χ0v) is 22.8. The highest BCUT2D eigenvalue weighted by Crippen LogP contribution is 2.14. The van der Waals surface area contributed by atoms with Crippen LogP contribution in [0.4, 0.5) is 4.79 Å². The Bertz CT molecular complexity index is 889. The summed E-state index contributed by atoms with van der Waals surface area (Å²) >= 11 is 0. The smallest absolute Gasteiger partial charge is 0.489 e. The van der Waals surface area contributed by atoms with Crippen molar-refractivity contribution in [3.05, 3.63) is 29.8 Å². The van der Waals surface area contributed by atoms with Crippen LogP contribution in [-0.4, -0.2) is 126 Å². The van der Waals surface area contributed by atoms with E-state index in [-0.39, 0.29) is 18.1 Å². The molecular formula is C25H41BN3O11. The predicted molar refractivity (Wildman–Crippen MR) is 142 cm³/mol. The molecule has 1 saturated heterocycles. The average Bonchev–Trinajstić information content (AvgIpc) is 2.94. The number of carbonyl (C=O) groups is 2. The number of esters is 1. The molecule has 0 unspecified atom stereocenters. The van der Waals surface area contributed by atoms with Crippen LogP contribution in [0.5, 0.6) is 5.75 Å². The van der Waals surface area contributed by atoms with E-state index in [1.54, 1.807) is 12.1 Å². The third-order valence-corrected chi connectivity index (χ3v) is 6.12. The Morgan fingerprint density at radius 2 is 1.75 bits per heavy atom. The summed E-state index contributed by atoms with van der Waals surface area (Å²) in [7, 11) is 0.848. The molecule has 14 nitrogen and oxygen atoms in total. The largest absolute Gasteiger partial charge is 0.508 e. The van der Waals surface area contributed by atoms with Gasteiger partial charge in [-0.15, -0.1) is 0 Å². The van der Waals surface area contributed by atoms with Crippen LogP contribution in [0, 0.1) is 5.92 Å². The number of aliphatic hydroxyl groups is 4. The van der Waals surface area contributed by atoms with Gasteiger partial charge in [-0.2, -0.15) is 0 Å². The maximum atomic E-state index is 13.1. The van der Waals surface area contributed by atoms with Crippen molar-refractivity contribution in [1.82, 2.24) is 10.2 Å². The molecule has 8 N–H and O–H groups in total. The molecule has 1 aliphatic rings. The Balaban J connectivity index is 2.11. The summed E-state index contributed by atoms with van der Waals surface area (Å²) in [6, 6.07) is 4.39. The summed E-state index contributed by atoms with van der Waals surface area (Å²) in [5, 5.41) is 51.9. The minimum atomic E-state index is -1.85. The summed E-state index contributed by atoms with van der Waals surface area (Å²) in [4.78, 5) is 27.4. The number of amides is 2. The van der Waals surface area contributed by atoms with E-state index in [0.29, 0.717) is 38.3 Å². The predicted octanol–water partition coefficient (Wildman–Crippen LogP) is -1.77. The van der Waals surface area contributed by atoms with E-state index < -0.39 is 61.9 Å². The van der Waals surface area contributed by atoms with Gasteiger partial charge in [-0.3, -0.25) is 0 Å². The lowest BCUT2D eigenvalue weighted by atomic mass is 10.0. The van der Waals surface area contributed by atoms with Gasteiger partial charge in [0.2, 0.25) is 0 Å². The summed E-state index contributed by atoms with van der Waals surface area (Å²) in [5.41, 5.74) is 6.47. The molecule has 40 heavy (non-hydrogen) atoms. The maximum absolute atomic E-state index is 13.1. The van der Waals surface area contributed by atoms with E-state index >= 15 is 0 Å². The van der Waals surface area contributed by atoms with E-state index in [9.17, 15) is 30.0 Å². The van der Waals surface area contributed by atoms with Crippen LogP contribution in [0.25, 0.3) is 0 Å². The van der Waals surface area contributed by atoms with E-state index in [2.05, 4.69) is 5.32 Å². The van der Waals surface area contributed by atoms with Crippen molar-refractivity contribution in [3.8, 4) is 5.75 Å². The standard InChI is InChI=1S/C25H41BN3O11/c1-15(2)11-21(27)40-26-39-20(23(34)22(33)19(32)13-30)14-38-24(35)18(12-16-3-5-17(31)6-4-16)28-25(36)29-7-9-37-10-8-29/h3-6,15,18-23,30-34H,7-14,27H2,1-2H3,(H,28,36)/t18-,19+,20+,21+,22+,23+/m0/s1. The number of nitrogens with two attached hydrogens (primary N) is 1. The van der Waals surface area contributed by atoms with Crippen LogP contribution in [0.1, 0.15) is 25.8 Å². The number of aliphatic hydroxyl groups excluding tert-OH is 4. The molecule has 6 atom stereocenters. The van der Waals surface area contributed by atoms with Gasteiger partial charge in [-0.1, -0.05) is 26.0 Å². The van der Waals surface area contributed by atoms with Crippen LogP contribution in [0.15, 0.2) is 24.3 Å². The Hall–Kier alpha value is -2.50. The summed E-state index contributed by atoms with van der Waals surface area (Å²) < 4.78 is 21.2. The Morgan fingerprint density at radius 1 is 1.10 bits per heavy atom. The van der Waals surface area contributed by atoms with Gasteiger partial charge >= 0.3 is 19.7 Å². The molecule has 1 fully saturated rings. The van der Waals surface area contributed by atoms with Crippen LogP contribution in [-0.2, 0) is 30.0 Å². The van der Waals surface area contributed by atoms with Gasteiger partial charge in [0.15, 0.2) is 0 Å². The molecule has 1 aromatic carbocycles. The van der Waals surface area contributed by atoms with Gasteiger partial charge in [0, 0.05) is 19.5 Å². The highest BCUT2D eigenvalue weighted by atomic mass is 16.6. The van der Waals surface area contributed by atoms with Crippen LogP contribution < -0.4 is 11.1 Å². The first-order chi connectivity index (χ1) is 19.0. The zero-order valence-electron chi connectivity index (χ0n) is 22.8. The van der Waals surface area contributed by atoms with Crippen LogP contribution in [0.3, 0.4) is 0 Å². The third-order valence-electron chi connectivity index (χ3n) is 6.12. The topological polar surface area (TPSA) is 213 Å². The van der Waals surface area contributed by atoms with Crippen molar-refractivity contribution in [2.75, 3.05) is 39.5 Å². The van der Waals surface area contributed by atoms with Crippen LogP contribution in [0.2, 0.25) is 0 Å². The van der Waals surface area contributed by atoms with Gasteiger partial charge in [0.1, 0.15) is 42.8 Å². The van der Waals surface area contributed by atoms with E-state index in [4.69, 9.17) is 29.6 Å². The number of nitrogens with zero attached hydrogens (tertiary/aromatic N) is 1. The number of hydrogen-bond acceptors (Lipinski definition) is 12. The molecule has 2 amide bonds. The maximum Gasteiger partial charge on any atom is 0.489 e. The first-order valence-electron chi connectivity index (χ1n) is 13.1. The number of benzene rings is 1. The van der Waals surface area contributed by atoms with Crippen molar-refractivity contribution < 1.29 is 53.9 Å². The molecule has 1 aromatic rings. The van der Waals surface area contributed by atoms with Gasteiger partial charge in [-0.25, -0.2) is 9.59 Å². The fourth-order valence-corrected chi connectivity index (χ4v) is 3.80. The Kier molecular flexibility index (Phi) is 14.6. The quantitative estimate of drug-likeness (QED) is 0.0668. The van der Waals surface area contributed by atoms with Crippen molar-refractivity contribution >= 4 is 19.7 Å². The molecule has 0 aromatic heterocycles. The third kappa shape index (κ3) is 11.5. The Morgan fingerprint density at radius 3 is 2.35 bits per heavy atom. The molecule has 1 heterocycles. The van der Waals surface area contributed by atoms with Gasteiger partial charge in [0.25, 0.3) is 0 Å². The number of carbonyl (C=O) groups excluding carboxylic acids is 2. The highest BCUT2D eigenvalue weighted by Gasteiger charge is 2.34. The number of urea groups is 1. The zero-order chi connectivity index (χ0) is 29.7. The fraction of sp³-hybridized carbons (Fsp3) is 0.680. The van der Waals surface area contributed by atoms with Crippen molar-refractivity contribution in [1.29, 1.82) is 0 Å². The lowest BCUT2D eigenvalue weighted by Gasteiger charge is -2.30. The van der Waals surface area contributed by atoms with E-state index in [1.807, 2.05) is 13.8 Å². The number of hydrogen-bond donors (Lipinski definition) is 7. The summed E-state index contributed by atoms with van der Waals surface area (Å²) in [6.07, 6.45) is -7.00. The van der Waals surface area contributed by atoms with Crippen molar-refractivity contribution in [2.45, 2.75) is 63.4 Å². The van der Waals surface area contributed by atoms with Crippen molar-refractivity contribution in [2.24, 2.45) is 11.7 Å². The number of ether oxygens (including phenoxy) is 2. The number of phenols is 1. The minimum Gasteiger partial charge on any atom is -0.508 e. The average molecular weight is 570 g/mol. The van der Waals surface area contributed by atoms with Gasteiger partial charge < -0.3 is 60.3 Å². The molecule has 0 aliphatic carbocycles. The van der Waals surface area contributed by atoms with E-state index in [0.717, 1.165) is 7.69 Å². The lowest BCUT2D eigenvalue weighted by molar-refractivity contribution is -0.156. The highest BCUT2D eigenvalue weighted by molar-refractivity contribution is 6.18. The summed E-state index contributed by atoms with van der Waals surface area (Å²) in [5.74, 6) is -0.611. The molecular weight excluding hydrogens is 529 g/mol. The second-order valence-corrected chi connectivity index (χ2v) is 9.91. The monoisotopic (exact) mass is 570 g/mol. The second kappa shape index (κ2) is 17.3. The molecule has 0 saturated carbocycles. The Labute approximate surface area is 234 Å². The van der Waals surface area contributed by atoms with E-state index in [1.165, 1.54) is 17.0 Å². The number of aromatic hydroxyl groups is 1.